The number of likely N-dealkylation sites (tertiary alicyclic amines) is 1. The van der Waals surface area contributed by atoms with Gasteiger partial charge in [-0.3, -0.25) is 9.69 Å². The van der Waals surface area contributed by atoms with Crippen molar-refractivity contribution in [1.82, 2.24) is 10.2 Å². The van der Waals surface area contributed by atoms with Crippen LogP contribution in [0, 0.1) is 5.92 Å². The monoisotopic (exact) mass is 418 g/mol. The Morgan fingerprint density at radius 2 is 1.53 bits per heavy atom. The van der Waals surface area contributed by atoms with Crippen LogP contribution < -0.4 is 5.32 Å². The summed E-state index contributed by atoms with van der Waals surface area (Å²) < 4.78 is 0. The summed E-state index contributed by atoms with van der Waals surface area (Å²) in [5, 5.41) is 4.11. The first-order chi connectivity index (χ1) is 14.7. The fourth-order valence-electron chi connectivity index (χ4n) is 4.19. The van der Waals surface area contributed by atoms with Crippen LogP contribution in [-0.4, -0.2) is 23.9 Å². The molecule has 1 heterocycles. The SMILES string of the molecule is O=C(NC(c1ccccc1)c1ccccc1)[C@H]1CCCN(Cc2ccccc2Cl)C1. The summed E-state index contributed by atoms with van der Waals surface area (Å²) in [6.45, 7) is 2.54. The van der Waals surface area contributed by atoms with Crippen molar-refractivity contribution in [1.29, 1.82) is 0 Å². The largest absolute Gasteiger partial charge is 0.345 e. The minimum Gasteiger partial charge on any atom is -0.345 e. The fraction of sp³-hybridized carbons (Fsp3) is 0.269. The lowest BCUT2D eigenvalue weighted by Gasteiger charge is -2.33. The molecule has 0 unspecified atom stereocenters. The van der Waals surface area contributed by atoms with Gasteiger partial charge < -0.3 is 5.32 Å². The number of hydrogen-bond donors (Lipinski definition) is 1. The van der Waals surface area contributed by atoms with Gasteiger partial charge in [-0.15, -0.1) is 0 Å². The van der Waals surface area contributed by atoms with Gasteiger partial charge in [0.15, 0.2) is 0 Å². The Labute approximate surface area is 183 Å². The summed E-state index contributed by atoms with van der Waals surface area (Å²) in [7, 11) is 0. The summed E-state index contributed by atoms with van der Waals surface area (Å²) in [4.78, 5) is 15.6. The molecule has 0 spiro atoms. The maximum absolute atomic E-state index is 13.3. The Kier molecular flexibility index (Phi) is 6.83. The van der Waals surface area contributed by atoms with E-state index in [1.807, 2.05) is 54.6 Å². The van der Waals surface area contributed by atoms with Gasteiger partial charge in [-0.2, -0.15) is 0 Å². The molecule has 1 N–H and O–H groups in total. The van der Waals surface area contributed by atoms with Crippen molar-refractivity contribution in [2.45, 2.75) is 25.4 Å². The van der Waals surface area contributed by atoms with Crippen molar-refractivity contribution in [3.05, 3.63) is 107 Å². The summed E-state index contributed by atoms with van der Waals surface area (Å²) in [5.74, 6) is 0.104. The summed E-state index contributed by atoms with van der Waals surface area (Å²) in [6.07, 6.45) is 1.94. The number of benzene rings is 3. The number of rotatable bonds is 6. The van der Waals surface area contributed by atoms with Gasteiger partial charge in [-0.05, 0) is 42.1 Å². The second kappa shape index (κ2) is 9.92. The predicted octanol–water partition coefficient (Wildman–Crippen LogP) is 5.46. The van der Waals surface area contributed by atoms with Gasteiger partial charge in [-0.25, -0.2) is 0 Å². The zero-order chi connectivity index (χ0) is 20.8. The van der Waals surface area contributed by atoms with Crippen LogP contribution in [0.5, 0.6) is 0 Å². The predicted molar refractivity (Wildman–Crippen MR) is 122 cm³/mol. The average Bonchev–Trinajstić information content (AvgIpc) is 2.80. The minimum absolute atomic E-state index is 0.0174. The van der Waals surface area contributed by atoms with Crippen molar-refractivity contribution in [3.63, 3.8) is 0 Å². The summed E-state index contributed by atoms with van der Waals surface area (Å²) in [5.41, 5.74) is 3.31. The molecule has 1 aliphatic rings. The van der Waals surface area contributed by atoms with Crippen molar-refractivity contribution >= 4 is 17.5 Å². The van der Waals surface area contributed by atoms with Gasteiger partial charge in [0.05, 0.1) is 12.0 Å². The van der Waals surface area contributed by atoms with E-state index >= 15 is 0 Å². The second-order valence-electron chi connectivity index (χ2n) is 7.93. The number of carbonyl (C=O) groups excluding carboxylic acids is 1. The molecule has 1 saturated heterocycles. The van der Waals surface area contributed by atoms with Gasteiger partial charge in [0.1, 0.15) is 0 Å². The molecule has 4 heteroatoms. The maximum Gasteiger partial charge on any atom is 0.225 e. The average molecular weight is 419 g/mol. The van der Waals surface area contributed by atoms with Crippen LogP contribution in [0.15, 0.2) is 84.9 Å². The minimum atomic E-state index is -0.140. The standard InChI is InChI=1S/C26H27ClN2O/c27-24-16-8-7-14-22(24)18-29-17-9-15-23(19-29)26(30)28-25(20-10-3-1-4-11-20)21-12-5-2-6-13-21/h1-8,10-14,16,23,25H,9,15,17-19H2,(H,28,30)/t23-/m0/s1. The number of nitrogens with zero attached hydrogens (tertiary/aromatic N) is 1. The van der Waals surface area contributed by atoms with E-state index in [0.29, 0.717) is 0 Å². The molecule has 3 nitrogen and oxygen atoms in total. The molecule has 0 radical (unpaired) electrons. The van der Waals surface area contributed by atoms with E-state index in [0.717, 1.165) is 54.2 Å². The first kappa shape index (κ1) is 20.6. The molecular formula is C26H27ClN2O. The topological polar surface area (TPSA) is 32.3 Å². The molecule has 1 atom stereocenters. The molecule has 4 rings (SSSR count). The van der Waals surface area contributed by atoms with Crippen LogP contribution in [0.25, 0.3) is 0 Å². The Morgan fingerprint density at radius 1 is 0.933 bits per heavy atom. The van der Waals surface area contributed by atoms with E-state index in [4.69, 9.17) is 11.6 Å². The van der Waals surface area contributed by atoms with E-state index in [1.165, 1.54) is 0 Å². The highest BCUT2D eigenvalue weighted by molar-refractivity contribution is 6.31. The smallest absolute Gasteiger partial charge is 0.225 e. The van der Waals surface area contributed by atoms with Crippen LogP contribution in [0.3, 0.4) is 0 Å². The van der Waals surface area contributed by atoms with E-state index in [9.17, 15) is 4.79 Å². The van der Waals surface area contributed by atoms with Crippen LogP contribution >= 0.6 is 11.6 Å². The van der Waals surface area contributed by atoms with Crippen molar-refractivity contribution in [3.8, 4) is 0 Å². The highest BCUT2D eigenvalue weighted by Crippen LogP contribution is 2.25. The normalized spacial score (nSPS) is 17.1. The van der Waals surface area contributed by atoms with Crippen LogP contribution in [0.4, 0.5) is 0 Å². The molecule has 0 saturated carbocycles. The molecule has 3 aromatic rings. The van der Waals surface area contributed by atoms with E-state index in [1.54, 1.807) is 0 Å². The van der Waals surface area contributed by atoms with Gasteiger partial charge in [0.25, 0.3) is 0 Å². The maximum atomic E-state index is 13.3. The highest BCUT2D eigenvalue weighted by atomic mass is 35.5. The number of nitrogens with one attached hydrogen (secondary N) is 1. The Hall–Kier alpha value is -2.62. The quantitative estimate of drug-likeness (QED) is 0.576. The fourth-order valence-corrected chi connectivity index (χ4v) is 4.39. The number of hydrogen-bond acceptors (Lipinski definition) is 2. The lowest BCUT2D eigenvalue weighted by atomic mass is 9.94. The van der Waals surface area contributed by atoms with Gasteiger partial charge in [-0.1, -0.05) is 90.5 Å². The molecule has 1 fully saturated rings. The zero-order valence-electron chi connectivity index (χ0n) is 17.0. The van der Waals surface area contributed by atoms with Crippen molar-refractivity contribution < 1.29 is 4.79 Å². The van der Waals surface area contributed by atoms with Crippen molar-refractivity contribution in [2.75, 3.05) is 13.1 Å². The number of carbonyl (C=O) groups is 1. The van der Waals surface area contributed by atoms with Crippen molar-refractivity contribution in [2.24, 2.45) is 5.92 Å². The number of amides is 1. The van der Waals surface area contributed by atoms with Gasteiger partial charge >= 0.3 is 0 Å². The lowest BCUT2D eigenvalue weighted by molar-refractivity contribution is -0.127. The zero-order valence-corrected chi connectivity index (χ0v) is 17.8. The molecule has 1 aliphatic heterocycles. The molecule has 154 valence electrons. The van der Waals surface area contributed by atoms with Crippen LogP contribution in [0.1, 0.15) is 35.6 Å². The highest BCUT2D eigenvalue weighted by Gasteiger charge is 2.28. The van der Waals surface area contributed by atoms with Crippen LogP contribution in [0.2, 0.25) is 5.02 Å². The Balaban J connectivity index is 1.46. The first-order valence-corrected chi connectivity index (χ1v) is 10.9. The molecule has 0 bridgehead atoms. The summed E-state index contributed by atoms with van der Waals surface area (Å²) >= 11 is 6.34. The third kappa shape index (κ3) is 5.10. The molecule has 0 aromatic heterocycles. The lowest BCUT2D eigenvalue weighted by Crippen LogP contribution is -2.43. The third-order valence-electron chi connectivity index (χ3n) is 5.78. The van der Waals surface area contributed by atoms with Crippen LogP contribution in [-0.2, 0) is 11.3 Å². The summed E-state index contributed by atoms with van der Waals surface area (Å²) in [6, 6.07) is 28.2. The third-order valence-corrected chi connectivity index (χ3v) is 6.15. The van der Waals surface area contributed by atoms with E-state index in [2.05, 4.69) is 40.5 Å². The number of piperidine rings is 1. The molecule has 1 amide bonds. The Bertz CT molecular complexity index is 922. The van der Waals surface area contributed by atoms with E-state index in [-0.39, 0.29) is 17.9 Å². The van der Waals surface area contributed by atoms with E-state index < -0.39 is 0 Å². The molecule has 3 aromatic carbocycles. The molecular weight excluding hydrogens is 392 g/mol. The first-order valence-electron chi connectivity index (χ1n) is 10.6. The number of halogens is 1. The molecule has 0 aliphatic carbocycles. The second-order valence-corrected chi connectivity index (χ2v) is 8.34. The molecule has 30 heavy (non-hydrogen) atoms. The Morgan fingerprint density at radius 3 is 2.17 bits per heavy atom. The van der Waals surface area contributed by atoms with Gasteiger partial charge in [0, 0.05) is 18.1 Å². The van der Waals surface area contributed by atoms with Gasteiger partial charge in [0.2, 0.25) is 5.91 Å².